The molecule has 0 saturated carbocycles. The quantitative estimate of drug-likeness (QED) is 0.770. The number of hydrogen-bond acceptors (Lipinski definition) is 2. The van der Waals surface area contributed by atoms with Gasteiger partial charge in [0.05, 0.1) is 12.8 Å². The van der Waals surface area contributed by atoms with E-state index in [1.807, 2.05) is 24.3 Å². The zero-order chi connectivity index (χ0) is 11.5. The summed E-state index contributed by atoms with van der Waals surface area (Å²) in [6.07, 6.45) is 1.67. The molecule has 1 aromatic carbocycles. The molecule has 0 aliphatic heterocycles. The van der Waals surface area contributed by atoms with Crippen LogP contribution in [0, 0.1) is 12.7 Å². The van der Waals surface area contributed by atoms with E-state index < -0.39 is 0 Å². The summed E-state index contributed by atoms with van der Waals surface area (Å²) in [6.45, 7) is 1.65. The molecule has 3 heteroatoms. The first-order valence-corrected chi connectivity index (χ1v) is 4.97. The molecule has 0 radical (unpaired) electrons. The smallest absolute Gasteiger partial charge is 0.145 e. The zero-order valence-corrected chi connectivity index (χ0v) is 9.20. The van der Waals surface area contributed by atoms with Crippen LogP contribution in [0.15, 0.2) is 36.5 Å². The monoisotopic (exact) mass is 217 g/mol. The van der Waals surface area contributed by atoms with Crippen LogP contribution in [0.1, 0.15) is 5.69 Å². The lowest BCUT2D eigenvalue weighted by atomic mass is 10.1. The van der Waals surface area contributed by atoms with Gasteiger partial charge in [-0.3, -0.25) is 4.98 Å². The SMILES string of the molecule is COc1ccc(-c2cnc(C)c(F)c2)cc1. The number of aromatic nitrogens is 1. The Bertz CT molecular complexity index is 494. The van der Waals surface area contributed by atoms with Gasteiger partial charge in [-0.05, 0) is 30.7 Å². The summed E-state index contributed by atoms with van der Waals surface area (Å²) in [4.78, 5) is 3.99. The van der Waals surface area contributed by atoms with E-state index in [-0.39, 0.29) is 5.82 Å². The molecule has 0 N–H and O–H groups in total. The number of nitrogens with zero attached hydrogens (tertiary/aromatic N) is 1. The van der Waals surface area contributed by atoms with Crippen LogP contribution in [0.3, 0.4) is 0 Å². The highest BCUT2D eigenvalue weighted by Gasteiger charge is 2.03. The summed E-state index contributed by atoms with van der Waals surface area (Å²) >= 11 is 0. The van der Waals surface area contributed by atoms with Gasteiger partial charge in [-0.1, -0.05) is 12.1 Å². The maximum atomic E-state index is 13.3. The average molecular weight is 217 g/mol. The van der Waals surface area contributed by atoms with Crippen molar-refractivity contribution < 1.29 is 9.13 Å². The first kappa shape index (κ1) is 10.6. The Morgan fingerprint density at radius 3 is 2.38 bits per heavy atom. The van der Waals surface area contributed by atoms with Crippen LogP contribution in [0.25, 0.3) is 11.1 Å². The molecule has 2 rings (SSSR count). The van der Waals surface area contributed by atoms with E-state index in [1.54, 1.807) is 20.2 Å². The number of rotatable bonds is 2. The van der Waals surface area contributed by atoms with Crippen LogP contribution in [0.4, 0.5) is 4.39 Å². The molecule has 2 nitrogen and oxygen atoms in total. The Balaban J connectivity index is 2.38. The summed E-state index contributed by atoms with van der Waals surface area (Å²) in [5, 5.41) is 0. The molecule has 0 unspecified atom stereocenters. The predicted molar refractivity (Wildman–Crippen MR) is 60.9 cm³/mol. The fourth-order valence-electron chi connectivity index (χ4n) is 1.45. The van der Waals surface area contributed by atoms with Gasteiger partial charge in [-0.2, -0.15) is 0 Å². The second-order valence-electron chi connectivity index (χ2n) is 3.52. The normalized spacial score (nSPS) is 10.2. The minimum atomic E-state index is -0.284. The molecule has 0 amide bonds. The topological polar surface area (TPSA) is 22.1 Å². The lowest BCUT2D eigenvalue weighted by Crippen LogP contribution is -1.89. The van der Waals surface area contributed by atoms with Gasteiger partial charge in [-0.25, -0.2) is 4.39 Å². The number of halogens is 1. The summed E-state index contributed by atoms with van der Waals surface area (Å²) < 4.78 is 18.4. The largest absolute Gasteiger partial charge is 0.497 e. The molecule has 0 fully saturated rings. The molecule has 0 atom stereocenters. The van der Waals surface area contributed by atoms with Gasteiger partial charge in [0.1, 0.15) is 11.6 Å². The predicted octanol–water partition coefficient (Wildman–Crippen LogP) is 3.20. The third-order valence-electron chi connectivity index (χ3n) is 2.45. The molecular formula is C13H12FNO. The summed E-state index contributed by atoms with van der Waals surface area (Å²) in [5.74, 6) is 0.498. The fourth-order valence-corrected chi connectivity index (χ4v) is 1.45. The van der Waals surface area contributed by atoms with Crippen LogP contribution < -0.4 is 4.74 Å². The lowest BCUT2D eigenvalue weighted by Gasteiger charge is -2.04. The van der Waals surface area contributed by atoms with Crippen molar-refractivity contribution in [3.05, 3.63) is 48.0 Å². The van der Waals surface area contributed by atoms with Crippen molar-refractivity contribution in [2.45, 2.75) is 6.92 Å². The Labute approximate surface area is 93.7 Å². The van der Waals surface area contributed by atoms with Gasteiger partial charge < -0.3 is 4.74 Å². The van der Waals surface area contributed by atoms with E-state index in [0.717, 1.165) is 16.9 Å². The van der Waals surface area contributed by atoms with Gasteiger partial charge >= 0.3 is 0 Å². The summed E-state index contributed by atoms with van der Waals surface area (Å²) in [6, 6.07) is 8.93. The third kappa shape index (κ3) is 2.03. The molecule has 0 aliphatic rings. The van der Waals surface area contributed by atoms with Gasteiger partial charge in [0.2, 0.25) is 0 Å². The Morgan fingerprint density at radius 2 is 1.81 bits per heavy atom. The minimum Gasteiger partial charge on any atom is -0.497 e. The van der Waals surface area contributed by atoms with E-state index in [1.165, 1.54) is 6.07 Å². The van der Waals surface area contributed by atoms with Crippen molar-refractivity contribution in [1.82, 2.24) is 4.98 Å². The third-order valence-corrected chi connectivity index (χ3v) is 2.45. The van der Waals surface area contributed by atoms with Crippen LogP contribution in [0.2, 0.25) is 0 Å². The van der Waals surface area contributed by atoms with E-state index in [0.29, 0.717) is 5.69 Å². The first-order chi connectivity index (χ1) is 7.70. The number of pyridine rings is 1. The van der Waals surface area contributed by atoms with Crippen LogP contribution in [0.5, 0.6) is 5.75 Å². The highest BCUT2D eigenvalue weighted by molar-refractivity contribution is 5.63. The maximum Gasteiger partial charge on any atom is 0.145 e. The van der Waals surface area contributed by atoms with E-state index in [9.17, 15) is 4.39 Å². The van der Waals surface area contributed by atoms with Crippen molar-refractivity contribution in [2.75, 3.05) is 7.11 Å². The first-order valence-electron chi connectivity index (χ1n) is 4.97. The maximum absolute atomic E-state index is 13.3. The second kappa shape index (κ2) is 4.31. The average Bonchev–Trinajstić information content (AvgIpc) is 2.33. The number of ether oxygens (including phenoxy) is 1. The van der Waals surface area contributed by atoms with Crippen molar-refractivity contribution in [3.63, 3.8) is 0 Å². The molecule has 2 aromatic rings. The molecule has 0 spiro atoms. The van der Waals surface area contributed by atoms with E-state index >= 15 is 0 Å². The molecular weight excluding hydrogens is 205 g/mol. The van der Waals surface area contributed by atoms with Crippen molar-refractivity contribution >= 4 is 0 Å². The van der Waals surface area contributed by atoms with E-state index in [2.05, 4.69) is 4.98 Å². The number of hydrogen-bond donors (Lipinski definition) is 0. The van der Waals surface area contributed by atoms with Crippen LogP contribution in [-0.4, -0.2) is 12.1 Å². The Hall–Kier alpha value is -1.90. The summed E-state index contributed by atoms with van der Waals surface area (Å²) in [7, 11) is 1.61. The van der Waals surface area contributed by atoms with Crippen molar-refractivity contribution in [1.29, 1.82) is 0 Å². The molecule has 0 aliphatic carbocycles. The fraction of sp³-hybridized carbons (Fsp3) is 0.154. The van der Waals surface area contributed by atoms with Gasteiger partial charge in [-0.15, -0.1) is 0 Å². The number of benzene rings is 1. The van der Waals surface area contributed by atoms with Gasteiger partial charge in [0.25, 0.3) is 0 Å². The molecule has 1 aromatic heterocycles. The standard InChI is InChI=1S/C13H12FNO/c1-9-13(14)7-11(8-15-9)10-3-5-12(16-2)6-4-10/h3-8H,1-2H3. The second-order valence-corrected chi connectivity index (χ2v) is 3.52. The molecule has 0 bridgehead atoms. The van der Waals surface area contributed by atoms with Crippen molar-refractivity contribution in [3.8, 4) is 16.9 Å². The van der Waals surface area contributed by atoms with Crippen molar-refractivity contribution in [2.24, 2.45) is 0 Å². The molecule has 0 saturated heterocycles. The minimum absolute atomic E-state index is 0.284. The van der Waals surface area contributed by atoms with Crippen LogP contribution in [-0.2, 0) is 0 Å². The Kier molecular flexibility index (Phi) is 2.86. The van der Waals surface area contributed by atoms with Crippen LogP contribution >= 0.6 is 0 Å². The summed E-state index contributed by atoms with van der Waals surface area (Å²) in [5.41, 5.74) is 2.11. The Morgan fingerprint density at radius 1 is 1.12 bits per heavy atom. The molecule has 16 heavy (non-hydrogen) atoms. The van der Waals surface area contributed by atoms with Gasteiger partial charge in [0, 0.05) is 11.8 Å². The molecule has 82 valence electrons. The lowest BCUT2D eigenvalue weighted by molar-refractivity contribution is 0.415. The highest BCUT2D eigenvalue weighted by Crippen LogP contribution is 2.22. The number of aryl methyl sites for hydroxylation is 1. The zero-order valence-electron chi connectivity index (χ0n) is 9.20. The molecule has 1 heterocycles. The van der Waals surface area contributed by atoms with E-state index in [4.69, 9.17) is 4.74 Å². The van der Waals surface area contributed by atoms with Gasteiger partial charge in [0.15, 0.2) is 0 Å². The highest BCUT2D eigenvalue weighted by atomic mass is 19.1. The number of methoxy groups -OCH3 is 1.